The third-order valence-corrected chi connectivity index (χ3v) is 20.6. The molecule has 0 amide bonds. The lowest BCUT2D eigenvalue weighted by Gasteiger charge is -2.21. The number of unbranched alkanes of at least 4 members (excludes halogenated alkanes) is 49. The first-order valence-corrected chi connectivity index (χ1v) is 44.5. The molecule has 0 aliphatic heterocycles. The molecule has 0 fully saturated rings. The minimum atomic E-state index is -4.96. The highest BCUT2D eigenvalue weighted by atomic mass is 31.2. The van der Waals surface area contributed by atoms with Gasteiger partial charge in [0.25, 0.3) is 0 Å². The fourth-order valence-electron chi connectivity index (χ4n) is 12.4. The number of carbonyl (C=O) groups excluding carboxylic acids is 4. The summed E-state index contributed by atoms with van der Waals surface area (Å²) >= 11 is 0. The molecular formula is C80H156O17P2. The highest BCUT2D eigenvalue weighted by molar-refractivity contribution is 7.47. The minimum Gasteiger partial charge on any atom is -0.462 e. The van der Waals surface area contributed by atoms with Gasteiger partial charge in [0.1, 0.15) is 19.3 Å². The third kappa shape index (κ3) is 74.1. The number of phosphoric ester groups is 2. The smallest absolute Gasteiger partial charge is 0.462 e. The lowest BCUT2D eigenvalue weighted by atomic mass is 10.0. The molecule has 5 atom stereocenters. The van der Waals surface area contributed by atoms with Gasteiger partial charge < -0.3 is 33.8 Å². The van der Waals surface area contributed by atoms with E-state index in [0.717, 1.165) is 102 Å². The van der Waals surface area contributed by atoms with Crippen LogP contribution in [0.25, 0.3) is 0 Å². The van der Waals surface area contributed by atoms with Crippen molar-refractivity contribution in [3.63, 3.8) is 0 Å². The van der Waals surface area contributed by atoms with Crippen LogP contribution in [0.15, 0.2) is 0 Å². The molecule has 588 valence electrons. The molecule has 19 heteroatoms. The molecular weight excluding hydrogens is 1290 g/mol. The van der Waals surface area contributed by atoms with Crippen molar-refractivity contribution in [2.45, 2.75) is 439 Å². The fourth-order valence-corrected chi connectivity index (χ4v) is 13.9. The molecule has 3 N–H and O–H groups in total. The summed E-state index contributed by atoms with van der Waals surface area (Å²) in [6, 6.07) is 0. The number of rotatable bonds is 79. The summed E-state index contributed by atoms with van der Waals surface area (Å²) < 4.78 is 68.7. The number of phosphoric acid groups is 2. The van der Waals surface area contributed by atoms with E-state index in [0.29, 0.717) is 25.7 Å². The van der Waals surface area contributed by atoms with Crippen LogP contribution in [-0.2, 0) is 65.4 Å². The van der Waals surface area contributed by atoms with Crippen molar-refractivity contribution in [2.24, 2.45) is 11.8 Å². The summed E-state index contributed by atoms with van der Waals surface area (Å²) in [5.74, 6) is -0.598. The zero-order valence-corrected chi connectivity index (χ0v) is 66.6. The molecule has 0 spiro atoms. The zero-order chi connectivity index (χ0) is 72.8. The SMILES string of the molecule is CCCCCCCCCCCCCCCCCCCCCC(=O)O[C@H](COC(=O)CCCCCCCCCCCCCCCC)COP(=O)(O)OC[C@@H](O)COP(=O)(O)OC[C@@H](COC(=O)CCCCCCCCCCCCC(C)C)OC(=O)CCCCCCCCCCCCC(C)C. The average molecular weight is 1450 g/mol. The Morgan fingerprint density at radius 1 is 0.273 bits per heavy atom. The quantitative estimate of drug-likeness (QED) is 0.0222. The highest BCUT2D eigenvalue weighted by Gasteiger charge is 2.30. The van der Waals surface area contributed by atoms with Crippen LogP contribution in [0.2, 0.25) is 0 Å². The van der Waals surface area contributed by atoms with Gasteiger partial charge in [-0.2, -0.15) is 0 Å². The Hall–Kier alpha value is -1.94. The lowest BCUT2D eigenvalue weighted by molar-refractivity contribution is -0.161. The van der Waals surface area contributed by atoms with E-state index in [4.69, 9.17) is 37.0 Å². The molecule has 99 heavy (non-hydrogen) atoms. The maximum absolute atomic E-state index is 13.1. The molecule has 0 radical (unpaired) electrons. The Kier molecular flexibility index (Phi) is 70.3. The molecule has 0 bridgehead atoms. The van der Waals surface area contributed by atoms with Crippen molar-refractivity contribution in [3.8, 4) is 0 Å². The van der Waals surface area contributed by atoms with E-state index in [-0.39, 0.29) is 25.7 Å². The van der Waals surface area contributed by atoms with Gasteiger partial charge >= 0.3 is 39.5 Å². The number of esters is 4. The van der Waals surface area contributed by atoms with Crippen LogP contribution < -0.4 is 0 Å². The topological polar surface area (TPSA) is 237 Å². The summed E-state index contributed by atoms with van der Waals surface area (Å²) in [4.78, 5) is 73.0. The van der Waals surface area contributed by atoms with E-state index in [1.165, 1.54) is 238 Å². The highest BCUT2D eigenvalue weighted by Crippen LogP contribution is 2.45. The molecule has 0 aromatic rings. The predicted octanol–water partition coefficient (Wildman–Crippen LogP) is 23.9. The third-order valence-electron chi connectivity index (χ3n) is 18.7. The molecule has 0 aliphatic carbocycles. The molecule has 0 aliphatic rings. The van der Waals surface area contributed by atoms with E-state index >= 15 is 0 Å². The number of aliphatic hydroxyl groups is 1. The summed E-state index contributed by atoms with van der Waals surface area (Å²) in [6.07, 6.45) is 61.0. The summed E-state index contributed by atoms with van der Waals surface area (Å²) in [7, 11) is -9.92. The van der Waals surface area contributed by atoms with Crippen LogP contribution in [0.3, 0.4) is 0 Å². The number of hydrogen-bond acceptors (Lipinski definition) is 15. The number of ether oxygens (including phenoxy) is 4. The van der Waals surface area contributed by atoms with Crippen molar-refractivity contribution in [3.05, 3.63) is 0 Å². The first-order chi connectivity index (χ1) is 47.9. The number of carbonyl (C=O) groups is 4. The predicted molar refractivity (Wildman–Crippen MR) is 405 cm³/mol. The van der Waals surface area contributed by atoms with Crippen LogP contribution in [0, 0.1) is 11.8 Å². The van der Waals surface area contributed by atoms with Gasteiger partial charge in [-0.15, -0.1) is 0 Å². The van der Waals surface area contributed by atoms with Gasteiger partial charge in [0.05, 0.1) is 26.4 Å². The van der Waals surface area contributed by atoms with E-state index in [1.54, 1.807) is 0 Å². The van der Waals surface area contributed by atoms with Crippen LogP contribution in [0.1, 0.15) is 420 Å². The van der Waals surface area contributed by atoms with Crippen LogP contribution in [0.4, 0.5) is 0 Å². The average Bonchev–Trinajstić information content (AvgIpc) is 1.17. The molecule has 0 heterocycles. The van der Waals surface area contributed by atoms with Gasteiger partial charge in [0.15, 0.2) is 12.2 Å². The van der Waals surface area contributed by atoms with Crippen LogP contribution in [-0.4, -0.2) is 96.7 Å². The van der Waals surface area contributed by atoms with Crippen LogP contribution in [0.5, 0.6) is 0 Å². The van der Waals surface area contributed by atoms with Crippen molar-refractivity contribution >= 4 is 39.5 Å². The molecule has 0 saturated heterocycles. The summed E-state index contributed by atoms with van der Waals surface area (Å²) in [5, 5.41) is 10.6. The molecule has 17 nitrogen and oxygen atoms in total. The molecule has 2 unspecified atom stereocenters. The normalized spacial score (nSPS) is 13.9. The number of aliphatic hydroxyl groups excluding tert-OH is 1. The maximum atomic E-state index is 13.1. The standard InChI is InChI=1S/C80H156O17P2/c1-7-9-11-13-15-17-19-21-23-24-25-26-27-29-31-40-46-52-58-64-79(84)96-75(68-90-77(82)62-56-50-44-38-30-28-22-20-18-16-14-12-10-8-2)70-94-98(86,87)92-66-74(81)67-93-99(88,89)95-71-76(97-80(85)65-59-53-47-41-35-33-37-43-49-55-61-73(5)6)69-91-78(83)63-57-51-45-39-34-32-36-42-48-54-60-72(3)4/h72-76,81H,7-71H2,1-6H3,(H,86,87)(H,88,89)/t74-,75-,76-/m1/s1. The van der Waals surface area contributed by atoms with E-state index < -0.39 is 97.5 Å². The van der Waals surface area contributed by atoms with E-state index in [2.05, 4.69) is 41.5 Å². The lowest BCUT2D eigenvalue weighted by Crippen LogP contribution is -2.30. The minimum absolute atomic E-state index is 0.106. The van der Waals surface area contributed by atoms with Crippen molar-refractivity contribution in [1.82, 2.24) is 0 Å². The Labute approximate surface area is 607 Å². The Balaban J connectivity index is 5.25. The van der Waals surface area contributed by atoms with Gasteiger partial charge in [-0.3, -0.25) is 37.3 Å². The Morgan fingerprint density at radius 3 is 0.687 bits per heavy atom. The second-order valence-corrected chi connectivity index (χ2v) is 32.7. The second-order valence-electron chi connectivity index (χ2n) is 29.8. The van der Waals surface area contributed by atoms with Crippen molar-refractivity contribution in [2.75, 3.05) is 39.6 Å². The van der Waals surface area contributed by atoms with Crippen LogP contribution >= 0.6 is 15.6 Å². The summed E-state index contributed by atoms with van der Waals surface area (Å²) in [6.45, 7) is 9.62. The van der Waals surface area contributed by atoms with Gasteiger partial charge in [-0.05, 0) is 37.5 Å². The fraction of sp³-hybridized carbons (Fsp3) is 0.950. The van der Waals surface area contributed by atoms with Gasteiger partial charge in [-0.25, -0.2) is 9.13 Å². The van der Waals surface area contributed by atoms with E-state index in [1.807, 2.05) is 0 Å². The van der Waals surface area contributed by atoms with Crippen molar-refractivity contribution < 1.29 is 80.2 Å². The Bertz CT molecular complexity index is 1910. The van der Waals surface area contributed by atoms with Crippen molar-refractivity contribution in [1.29, 1.82) is 0 Å². The van der Waals surface area contributed by atoms with E-state index in [9.17, 15) is 43.2 Å². The first kappa shape index (κ1) is 97.1. The second kappa shape index (κ2) is 71.7. The maximum Gasteiger partial charge on any atom is 0.472 e. The molecule has 0 aromatic carbocycles. The summed E-state index contributed by atoms with van der Waals surface area (Å²) in [5.41, 5.74) is 0. The zero-order valence-electron chi connectivity index (χ0n) is 64.8. The Morgan fingerprint density at radius 2 is 0.465 bits per heavy atom. The van der Waals surface area contributed by atoms with Gasteiger partial charge in [0.2, 0.25) is 0 Å². The molecule has 0 rings (SSSR count). The largest absolute Gasteiger partial charge is 0.472 e. The molecule has 0 aromatic heterocycles. The monoisotopic (exact) mass is 1450 g/mol. The first-order valence-electron chi connectivity index (χ1n) is 41.5. The molecule has 0 saturated carbocycles. The van der Waals surface area contributed by atoms with Gasteiger partial charge in [0, 0.05) is 25.7 Å². The number of hydrogen-bond donors (Lipinski definition) is 3. The van der Waals surface area contributed by atoms with Gasteiger partial charge in [-0.1, -0.05) is 369 Å².